The molecule has 0 aliphatic rings. The molecule has 0 spiro atoms. The van der Waals surface area contributed by atoms with Crippen LogP contribution in [0.5, 0.6) is 0 Å². The summed E-state index contributed by atoms with van der Waals surface area (Å²) < 4.78 is 0. The van der Waals surface area contributed by atoms with Crippen LogP contribution in [0, 0.1) is 13.8 Å². The summed E-state index contributed by atoms with van der Waals surface area (Å²) in [7, 11) is 2.06. The van der Waals surface area contributed by atoms with Gasteiger partial charge in [0.05, 0.1) is 6.61 Å². The molecule has 94 valence electrons. The highest BCUT2D eigenvalue weighted by molar-refractivity contribution is 5.66. The average molecular weight is 241 g/mol. The Kier molecular flexibility index (Phi) is 3.68. The Bertz CT molecular complexity index is 531. The number of anilines is 2. The number of aliphatic hydroxyl groups is 1. The first-order valence-corrected chi connectivity index (χ1v) is 6.12. The van der Waals surface area contributed by atoms with E-state index < -0.39 is 0 Å². The van der Waals surface area contributed by atoms with Crippen molar-refractivity contribution in [2.75, 3.05) is 11.9 Å². The van der Waals surface area contributed by atoms with Crippen molar-refractivity contribution in [2.45, 2.75) is 20.5 Å². The Morgan fingerprint density at radius 1 is 1.00 bits per heavy atom. The highest BCUT2D eigenvalue weighted by atomic mass is 16.3. The van der Waals surface area contributed by atoms with E-state index in [9.17, 15) is 0 Å². The second-order valence-corrected chi connectivity index (χ2v) is 4.67. The summed E-state index contributed by atoms with van der Waals surface area (Å²) in [4.78, 5) is 2.16. The Morgan fingerprint density at radius 2 is 1.67 bits per heavy atom. The van der Waals surface area contributed by atoms with Crippen molar-refractivity contribution in [3.63, 3.8) is 0 Å². The Labute approximate surface area is 109 Å². The van der Waals surface area contributed by atoms with Gasteiger partial charge in [0.1, 0.15) is 0 Å². The molecular weight excluding hydrogens is 222 g/mol. The van der Waals surface area contributed by atoms with Gasteiger partial charge in [-0.05, 0) is 43.2 Å². The minimum Gasteiger partial charge on any atom is -0.392 e. The molecule has 2 heteroatoms. The lowest BCUT2D eigenvalue weighted by Gasteiger charge is -2.22. The van der Waals surface area contributed by atoms with Gasteiger partial charge in [0, 0.05) is 18.4 Å². The van der Waals surface area contributed by atoms with Gasteiger partial charge in [-0.15, -0.1) is 0 Å². The van der Waals surface area contributed by atoms with Crippen LogP contribution in [0.2, 0.25) is 0 Å². The van der Waals surface area contributed by atoms with Gasteiger partial charge in [-0.3, -0.25) is 0 Å². The van der Waals surface area contributed by atoms with Gasteiger partial charge in [-0.25, -0.2) is 0 Å². The van der Waals surface area contributed by atoms with E-state index in [1.165, 1.54) is 16.8 Å². The molecule has 2 aromatic rings. The van der Waals surface area contributed by atoms with Gasteiger partial charge in [0.2, 0.25) is 0 Å². The third kappa shape index (κ3) is 2.54. The number of aliphatic hydroxyl groups excluding tert-OH is 1. The van der Waals surface area contributed by atoms with Gasteiger partial charge in [-0.1, -0.05) is 29.8 Å². The van der Waals surface area contributed by atoms with Crippen molar-refractivity contribution in [3.05, 3.63) is 59.2 Å². The van der Waals surface area contributed by atoms with Crippen molar-refractivity contribution in [1.29, 1.82) is 0 Å². The minimum atomic E-state index is 0.0908. The van der Waals surface area contributed by atoms with Gasteiger partial charge in [0.15, 0.2) is 0 Å². The van der Waals surface area contributed by atoms with Crippen LogP contribution >= 0.6 is 0 Å². The SMILES string of the molecule is Cc1ccc(N(C)c2ccc(CO)cc2)c(C)c1. The summed E-state index contributed by atoms with van der Waals surface area (Å²) in [5.74, 6) is 0. The van der Waals surface area contributed by atoms with E-state index in [0.717, 1.165) is 11.3 Å². The fourth-order valence-electron chi connectivity index (χ4n) is 2.15. The molecule has 0 amide bonds. The lowest BCUT2D eigenvalue weighted by atomic mass is 10.1. The molecule has 0 heterocycles. The third-order valence-corrected chi connectivity index (χ3v) is 3.22. The molecule has 0 atom stereocenters. The summed E-state index contributed by atoms with van der Waals surface area (Å²) in [5, 5.41) is 9.05. The van der Waals surface area contributed by atoms with Gasteiger partial charge in [-0.2, -0.15) is 0 Å². The second kappa shape index (κ2) is 5.23. The molecule has 0 aromatic heterocycles. The quantitative estimate of drug-likeness (QED) is 0.888. The summed E-state index contributed by atoms with van der Waals surface area (Å²) in [5.41, 5.74) is 5.81. The normalized spacial score (nSPS) is 10.4. The zero-order valence-corrected chi connectivity index (χ0v) is 11.1. The van der Waals surface area contributed by atoms with Crippen LogP contribution in [-0.4, -0.2) is 12.2 Å². The summed E-state index contributed by atoms with van der Waals surface area (Å²) in [6.45, 7) is 4.32. The molecule has 0 fully saturated rings. The molecule has 1 N–H and O–H groups in total. The minimum absolute atomic E-state index is 0.0908. The molecule has 0 radical (unpaired) electrons. The van der Waals surface area contributed by atoms with Gasteiger partial charge < -0.3 is 10.0 Å². The summed E-state index contributed by atoms with van der Waals surface area (Å²) in [6.07, 6.45) is 0. The standard InChI is InChI=1S/C16H19NO/c1-12-4-9-16(13(2)10-12)17(3)15-7-5-14(11-18)6-8-15/h4-10,18H,11H2,1-3H3. The molecule has 18 heavy (non-hydrogen) atoms. The molecule has 0 unspecified atom stereocenters. The molecule has 0 bridgehead atoms. The van der Waals surface area contributed by atoms with Crippen LogP contribution in [0.3, 0.4) is 0 Å². The van der Waals surface area contributed by atoms with E-state index in [0.29, 0.717) is 0 Å². The Hall–Kier alpha value is -1.80. The first kappa shape index (κ1) is 12.7. The van der Waals surface area contributed by atoms with E-state index in [2.05, 4.69) is 44.0 Å². The number of hydrogen-bond acceptors (Lipinski definition) is 2. The lowest BCUT2D eigenvalue weighted by Crippen LogP contribution is -2.10. The van der Waals surface area contributed by atoms with E-state index >= 15 is 0 Å². The smallest absolute Gasteiger partial charge is 0.0681 e. The monoisotopic (exact) mass is 241 g/mol. The van der Waals surface area contributed by atoms with Crippen molar-refractivity contribution >= 4 is 11.4 Å². The van der Waals surface area contributed by atoms with Crippen LogP contribution in [0.25, 0.3) is 0 Å². The first-order valence-electron chi connectivity index (χ1n) is 6.12. The second-order valence-electron chi connectivity index (χ2n) is 4.67. The van der Waals surface area contributed by atoms with E-state index in [1.54, 1.807) is 0 Å². The maximum Gasteiger partial charge on any atom is 0.0681 e. The number of nitrogens with zero attached hydrogens (tertiary/aromatic N) is 1. The molecule has 0 saturated carbocycles. The molecule has 2 aromatic carbocycles. The highest BCUT2D eigenvalue weighted by Gasteiger charge is 2.06. The lowest BCUT2D eigenvalue weighted by molar-refractivity contribution is 0.282. The first-order chi connectivity index (χ1) is 8.61. The molecule has 0 saturated heterocycles. The molecular formula is C16H19NO. The van der Waals surface area contributed by atoms with E-state index in [1.807, 2.05) is 24.3 Å². The Morgan fingerprint density at radius 3 is 2.22 bits per heavy atom. The molecule has 0 aliphatic carbocycles. The third-order valence-electron chi connectivity index (χ3n) is 3.22. The summed E-state index contributed by atoms with van der Waals surface area (Å²) in [6, 6.07) is 14.4. The number of hydrogen-bond donors (Lipinski definition) is 1. The zero-order chi connectivity index (χ0) is 13.1. The fraction of sp³-hybridized carbons (Fsp3) is 0.250. The zero-order valence-electron chi connectivity index (χ0n) is 11.1. The average Bonchev–Trinajstić information content (AvgIpc) is 2.38. The maximum absolute atomic E-state index is 9.05. The van der Waals surface area contributed by atoms with Crippen molar-refractivity contribution in [3.8, 4) is 0 Å². The van der Waals surface area contributed by atoms with Crippen LogP contribution in [0.1, 0.15) is 16.7 Å². The molecule has 2 rings (SSSR count). The van der Waals surface area contributed by atoms with Gasteiger partial charge >= 0.3 is 0 Å². The predicted molar refractivity (Wildman–Crippen MR) is 76.3 cm³/mol. The van der Waals surface area contributed by atoms with Crippen LogP contribution < -0.4 is 4.90 Å². The predicted octanol–water partition coefficient (Wildman–Crippen LogP) is 3.56. The fourth-order valence-corrected chi connectivity index (χ4v) is 2.15. The largest absolute Gasteiger partial charge is 0.392 e. The number of aryl methyl sites for hydroxylation is 2. The highest BCUT2D eigenvalue weighted by Crippen LogP contribution is 2.27. The van der Waals surface area contributed by atoms with E-state index in [4.69, 9.17) is 5.11 Å². The van der Waals surface area contributed by atoms with Gasteiger partial charge in [0.25, 0.3) is 0 Å². The van der Waals surface area contributed by atoms with E-state index in [-0.39, 0.29) is 6.61 Å². The van der Waals surface area contributed by atoms with Crippen LogP contribution in [0.15, 0.2) is 42.5 Å². The van der Waals surface area contributed by atoms with Crippen molar-refractivity contribution in [2.24, 2.45) is 0 Å². The number of rotatable bonds is 3. The van der Waals surface area contributed by atoms with Crippen molar-refractivity contribution < 1.29 is 5.11 Å². The molecule has 0 aliphatic heterocycles. The maximum atomic E-state index is 9.05. The van der Waals surface area contributed by atoms with Crippen LogP contribution in [-0.2, 0) is 6.61 Å². The topological polar surface area (TPSA) is 23.5 Å². The Balaban J connectivity index is 2.31. The number of benzene rings is 2. The van der Waals surface area contributed by atoms with Crippen molar-refractivity contribution in [1.82, 2.24) is 0 Å². The van der Waals surface area contributed by atoms with Crippen LogP contribution in [0.4, 0.5) is 11.4 Å². The summed E-state index contributed by atoms with van der Waals surface area (Å²) >= 11 is 0. The molecule has 2 nitrogen and oxygen atoms in total.